The topological polar surface area (TPSA) is 113 Å². The van der Waals surface area contributed by atoms with Gasteiger partial charge in [0.05, 0.1) is 12.5 Å². The van der Waals surface area contributed by atoms with Crippen LogP contribution in [0.25, 0.3) is 0 Å². The summed E-state index contributed by atoms with van der Waals surface area (Å²) in [6, 6.07) is 9.41. The molecule has 0 saturated carbocycles. The Morgan fingerprint density at radius 1 is 1.19 bits per heavy atom. The summed E-state index contributed by atoms with van der Waals surface area (Å²) in [7, 11) is 0. The Balaban J connectivity index is 1.99. The van der Waals surface area contributed by atoms with Crippen LogP contribution in [0.15, 0.2) is 30.3 Å². The van der Waals surface area contributed by atoms with Crippen LogP contribution in [-0.2, 0) is 20.8 Å². The SMILES string of the molecule is CC(C)C[C@H](NC(=O)[C@H]1CNC[C@H]1Cc1ccccc1)C(=O)NCC(N)=O. The van der Waals surface area contributed by atoms with E-state index in [9.17, 15) is 14.4 Å². The summed E-state index contributed by atoms with van der Waals surface area (Å²) in [4.78, 5) is 36.1. The number of hydrogen-bond acceptors (Lipinski definition) is 4. The summed E-state index contributed by atoms with van der Waals surface area (Å²) < 4.78 is 0. The lowest BCUT2D eigenvalue weighted by atomic mass is 9.88. The molecular formula is C20H30N4O3. The van der Waals surface area contributed by atoms with Gasteiger partial charge in [0.25, 0.3) is 0 Å². The molecule has 27 heavy (non-hydrogen) atoms. The molecule has 1 saturated heterocycles. The first-order valence-electron chi connectivity index (χ1n) is 9.47. The Kier molecular flexibility index (Phi) is 7.79. The second-order valence-corrected chi connectivity index (χ2v) is 7.59. The summed E-state index contributed by atoms with van der Waals surface area (Å²) in [5.41, 5.74) is 6.28. The first-order chi connectivity index (χ1) is 12.9. The van der Waals surface area contributed by atoms with Crippen LogP contribution in [0.4, 0.5) is 0 Å². The quantitative estimate of drug-likeness (QED) is 0.494. The number of rotatable bonds is 9. The smallest absolute Gasteiger partial charge is 0.243 e. The van der Waals surface area contributed by atoms with Crippen molar-refractivity contribution < 1.29 is 14.4 Å². The van der Waals surface area contributed by atoms with E-state index < -0.39 is 11.9 Å². The first kappa shape index (κ1) is 20.9. The van der Waals surface area contributed by atoms with E-state index in [1.165, 1.54) is 5.56 Å². The molecule has 3 atom stereocenters. The van der Waals surface area contributed by atoms with Gasteiger partial charge in [0.15, 0.2) is 0 Å². The van der Waals surface area contributed by atoms with Gasteiger partial charge in [-0.05, 0) is 36.8 Å². The lowest BCUT2D eigenvalue weighted by Gasteiger charge is -2.24. The molecule has 3 amide bonds. The van der Waals surface area contributed by atoms with Gasteiger partial charge in [-0.2, -0.15) is 0 Å². The molecule has 1 aliphatic rings. The number of nitrogens with one attached hydrogen (secondary N) is 3. The highest BCUT2D eigenvalue weighted by Crippen LogP contribution is 2.22. The Morgan fingerprint density at radius 2 is 1.89 bits per heavy atom. The predicted molar refractivity (Wildman–Crippen MR) is 104 cm³/mol. The Morgan fingerprint density at radius 3 is 2.52 bits per heavy atom. The van der Waals surface area contributed by atoms with Gasteiger partial charge in [0.2, 0.25) is 17.7 Å². The molecular weight excluding hydrogens is 344 g/mol. The monoisotopic (exact) mass is 374 g/mol. The standard InChI is InChI=1S/C20H30N4O3/c1-13(2)8-17(20(27)23-12-18(21)25)24-19(26)16-11-22-10-15(16)9-14-6-4-3-5-7-14/h3-7,13,15-17,22H,8-12H2,1-2H3,(H2,21,25)(H,23,27)(H,24,26)/t15-,16+,17+/m1/s1. The number of primary amides is 1. The lowest BCUT2D eigenvalue weighted by Crippen LogP contribution is -2.51. The average molecular weight is 374 g/mol. The van der Waals surface area contributed by atoms with Crippen molar-refractivity contribution in [2.45, 2.75) is 32.7 Å². The Labute approximate surface area is 160 Å². The van der Waals surface area contributed by atoms with Gasteiger partial charge in [-0.15, -0.1) is 0 Å². The van der Waals surface area contributed by atoms with E-state index >= 15 is 0 Å². The molecule has 1 heterocycles. The third kappa shape index (κ3) is 6.67. The van der Waals surface area contributed by atoms with Crippen LogP contribution in [0.5, 0.6) is 0 Å². The Bertz CT molecular complexity index is 648. The second-order valence-electron chi connectivity index (χ2n) is 7.59. The zero-order valence-corrected chi connectivity index (χ0v) is 16.0. The van der Waals surface area contributed by atoms with Crippen molar-refractivity contribution in [1.29, 1.82) is 0 Å². The number of nitrogens with two attached hydrogens (primary N) is 1. The lowest BCUT2D eigenvalue weighted by molar-refractivity contribution is -0.132. The summed E-state index contributed by atoms with van der Waals surface area (Å²) in [6.07, 6.45) is 1.31. The number of amides is 3. The molecule has 0 aliphatic carbocycles. The zero-order chi connectivity index (χ0) is 19.8. The van der Waals surface area contributed by atoms with E-state index in [0.717, 1.165) is 13.0 Å². The van der Waals surface area contributed by atoms with Crippen molar-refractivity contribution in [2.75, 3.05) is 19.6 Å². The van der Waals surface area contributed by atoms with E-state index in [2.05, 4.69) is 28.1 Å². The minimum atomic E-state index is -0.671. The third-order valence-electron chi connectivity index (χ3n) is 4.79. The number of benzene rings is 1. The van der Waals surface area contributed by atoms with E-state index in [1.807, 2.05) is 32.0 Å². The second kappa shape index (κ2) is 10.1. The van der Waals surface area contributed by atoms with Crippen LogP contribution >= 0.6 is 0 Å². The molecule has 1 aliphatic heterocycles. The van der Waals surface area contributed by atoms with Crippen molar-refractivity contribution in [2.24, 2.45) is 23.5 Å². The van der Waals surface area contributed by atoms with Gasteiger partial charge in [-0.3, -0.25) is 14.4 Å². The molecule has 7 nitrogen and oxygen atoms in total. The Hall–Kier alpha value is -2.41. The fourth-order valence-electron chi connectivity index (χ4n) is 3.45. The van der Waals surface area contributed by atoms with Crippen molar-refractivity contribution in [3.05, 3.63) is 35.9 Å². The molecule has 1 fully saturated rings. The molecule has 0 unspecified atom stereocenters. The van der Waals surface area contributed by atoms with Crippen LogP contribution in [0.1, 0.15) is 25.8 Å². The van der Waals surface area contributed by atoms with Crippen LogP contribution in [-0.4, -0.2) is 43.4 Å². The third-order valence-corrected chi connectivity index (χ3v) is 4.79. The van der Waals surface area contributed by atoms with Crippen LogP contribution in [0.3, 0.4) is 0 Å². The molecule has 2 rings (SSSR count). The van der Waals surface area contributed by atoms with E-state index in [1.54, 1.807) is 0 Å². The normalized spacial score (nSPS) is 20.3. The minimum Gasteiger partial charge on any atom is -0.368 e. The fraction of sp³-hybridized carbons (Fsp3) is 0.550. The molecule has 0 aromatic heterocycles. The molecule has 1 aromatic carbocycles. The summed E-state index contributed by atoms with van der Waals surface area (Å²) in [6.45, 7) is 5.10. The highest BCUT2D eigenvalue weighted by atomic mass is 16.2. The van der Waals surface area contributed by atoms with Gasteiger partial charge >= 0.3 is 0 Å². The molecule has 1 aromatic rings. The van der Waals surface area contributed by atoms with E-state index in [0.29, 0.717) is 13.0 Å². The summed E-state index contributed by atoms with van der Waals surface area (Å²) >= 11 is 0. The van der Waals surface area contributed by atoms with Crippen LogP contribution < -0.4 is 21.7 Å². The summed E-state index contributed by atoms with van der Waals surface area (Å²) in [5.74, 6) is -0.899. The fourth-order valence-corrected chi connectivity index (χ4v) is 3.45. The van der Waals surface area contributed by atoms with E-state index in [-0.39, 0.29) is 36.1 Å². The van der Waals surface area contributed by atoms with E-state index in [4.69, 9.17) is 5.73 Å². The largest absolute Gasteiger partial charge is 0.368 e. The average Bonchev–Trinajstić information content (AvgIpc) is 3.07. The molecule has 0 spiro atoms. The molecule has 7 heteroatoms. The van der Waals surface area contributed by atoms with Gasteiger partial charge < -0.3 is 21.7 Å². The van der Waals surface area contributed by atoms with Crippen molar-refractivity contribution >= 4 is 17.7 Å². The van der Waals surface area contributed by atoms with Gasteiger partial charge in [0.1, 0.15) is 6.04 Å². The zero-order valence-electron chi connectivity index (χ0n) is 16.0. The minimum absolute atomic E-state index is 0.124. The first-order valence-corrected chi connectivity index (χ1v) is 9.47. The predicted octanol–water partition coefficient (Wildman–Crippen LogP) is 0.197. The molecule has 0 bridgehead atoms. The maximum absolute atomic E-state index is 12.9. The maximum atomic E-state index is 12.9. The van der Waals surface area contributed by atoms with Gasteiger partial charge in [-0.25, -0.2) is 0 Å². The highest BCUT2D eigenvalue weighted by Gasteiger charge is 2.35. The van der Waals surface area contributed by atoms with Crippen LogP contribution in [0, 0.1) is 17.8 Å². The highest BCUT2D eigenvalue weighted by molar-refractivity contribution is 5.91. The number of hydrogen-bond donors (Lipinski definition) is 4. The molecule has 5 N–H and O–H groups in total. The van der Waals surface area contributed by atoms with Crippen molar-refractivity contribution in [1.82, 2.24) is 16.0 Å². The maximum Gasteiger partial charge on any atom is 0.243 e. The van der Waals surface area contributed by atoms with Crippen molar-refractivity contribution in [3.63, 3.8) is 0 Å². The molecule has 0 radical (unpaired) electrons. The number of carbonyl (C=O) groups is 3. The molecule has 148 valence electrons. The number of carbonyl (C=O) groups excluding carboxylic acids is 3. The van der Waals surface area contributed by atoms with Gasteiger partial charge in [-0.1, -0.05) is 44.2 Å². The van der Waals surface area contributed by atoms with Crippen molar-refractivity contribution in [3.8, 4) is 0 Å². The van der Waals surface area contributed by atoms with Crippen LogP contribution in [0.2, 0.25) is 0 Å². The summed E-state index contributed by atoms with van der Waals surface area (Å²) in [5, 5.41) is 8.66. The van der Waals surface area contributed by atoms with Gasteiger partial charge in [0, 0.05) is 6.54 Å².